The summed E-state index contributed by atoms with van der Waals surface area (Å²) in [6.07, 6.45) is 2.53. The molecule has 0 aliphatic carbocycles. The Balaban J connectivity index is 1.88. The molecular formula is C16H23N3O2. The smallest absolute Gasteiger partial charge is 0.222 e. The van der Waals surface area contributed by atoms with Crippen LogP contribution < -0.4 is 16.0 Å². The summed E-state index contributed by atoms with van der Waals surface area (Å²) in [5.74, 6) is -0.166. The third-order valence-electron chi connectivity index (χ3n) is 3.68. The fourth-order valence-electron chi connectivity index (χ4n) is 2.61. The Kier molecular flexibility index (Phi) is 5.75. The van der Waals surface area contributed by atoms with Crippen molar-refractivity contribution in [2.45, 2.75) is 38.3 Å². The number of hydrogen-bond donors (Lipinski definition) is 3. The first kappa shape index (κ1) is 15.5. The van der Waals surface area contributed by atoms with Gasteiger partial charge in [-0.15, -0.1) is 0 Å². The molecule has 0 aromatic heterocycles. The van der Waals surface area contributed by atoms with Crippen molar-refractivity contribution in [3.05, 3.63) is 35.9 Å². The molecule has 1 aromatic rings. The van der Waals surface area contributed by atoms with Crippen LogP contribution in [0.15, 0.2) is 30.3 Å². The Labute approximate surface area is 125 Å². The second-order valence-electron chi connectivity index (χ2n) is 5.47. The first-order valence-electron chi connectivity index (χ1n) is 7.47. The van der Waals surface area contributed by atoms with Gasteiger partial charge in [0.1, 0.15) is 0 Å². The third kappa shape index (κ3) is 5.19. The molecule has 2 rings (SSSR count). The van der Waals surface area contributed by atoms with Crippen molar-refractivity contribution in [3.8, 4) is 0 Å². The summed E-state index contributed by atoms with van der Waals surface area (Å²) >= 11 is 0. The van der Waals surface area contributed by atoms with Crippen molar-refractivity contribution in [2.24, 2.45) is 0 Å². The van der Waals surface area contributed by atoms with Crippen LogP contribution >= 0.6 is 0 Å². The molecule has 1 saturated heterocycles. The van der Waals surface area contributed by atoms with Gasteiger partial charge in [-0.2, -0.15) is 0 Å². The van der Waals surface area contributed by atoms with E-state index in [0.717, 1.165) is 18.5 Å². The lowest BCUT2D eigenvalue weighted by atomic mass is 10.0. The van der Waals surface area contributed by atoms with Crippen molar-refractivity contribution < 1.29 is 9.59 Å². The molecule has 2 unspecified atom stereocenters. The Hall–Kier alpha value is -1.88. The van der Waals surface area contributed by atoms with E-state index in [1.54, 1.807) is 0 Å². The van der Waals surface area contributed by atoms with Crippen LogP contribution in [0, 0.1) is 0 Å². The zero-order valence-electron chi connectivity index (χ0n) is 12.4. The molecule has 114 valence electrons. The van der Waals surface area contributed by atoms with E-state index in [-0.39, 0.29) is 24.3 Å². The highest BCUT2D eigenvalue weighted by atomic mass is 16.2. The van der Waals surface area contributed by atoms with E-state index in [1.165, 1.54) is 13.3 Å². The van der Waals surface area contributed by atoms with Gasteiger partial charge in [-0.05, 0) is 24.9 Å². The molecule has 1 aromatic carbocycles. The summed E-state index contributed by atoms with van der Waals surface area (Å²) in [5.41, 5.74) is 0.946. The molecule has 1 heterocycles. The standard InChI is InChI=1S/C16H23N3O2/c1-12(20)19-15(13-6-3-2-4-7-13)10-16(21)18-11-14-8-5-9-17-14/h2-4,6-7,14-15,17H,5,8-11H2,1H3,(H,18,21)(H,19,20). The molecule has 3 N–H and O–H groups in total. The number of hydrogen-bond acceptors (Lipinski definition) is 3. The predicted molar refractivity (Wildman–Crippen MR) is 81.7 cm³/mol. The van der Waals surface area contributed by atoms with Gasteiger partial charge in [-0.3, -0.25) is 9.59 Å². The number of carbonyl (C=O) groups excluding carboxylic acids is 2. The van der Waals surface area contributed by atoms with Crippen LogP contribution in [-0.4, -0.2) is 30.9 Å². The first-order chi connectivity index (χ1) is 10.1. The molecule has 21 heavy (non-hydrogen) atoms. The van der Waals surface area contributed by atoms with E-state index in [0.29, 0.717) is 12.6 Å². The average molecular weight is 289 g/mol. The molecule has 1 aliphatic heterocycles. The van der Waals surface area contributed by atoms with Gasteiger partial charge in [-0.1, -0.05) is 30.3 Å². The lowest BCUT2D eigenvalue weighted by Crippen LogP contribution is -2.39. The summed E-state index contributed by atoms with van der Waals surface area (Å²) in [5, 5.41) is 9.13. The van der Waals surface area contributed by atoms with Crippen molar-refractivity contribution in [1.29, 1.82) is 0 Å². The zero-order valence-corrected chi connectivity index (χ0v) is 12.4. The normalized spacial score (nSPS) is 19.0. The molecule has 0 spiro atoms. The monoisotopic (exact) mass is 289 g/mol. The van der Waals surface area contributed by atoms with E-state index in [4.69, 9.17) is 0 Å². The summed E-state index contributed by atoms with van der Waals surface area (Å²) in [4.78, 5) is 23.4. The Morgan fingerprint density at radius 1 is 1.33 bits per heavy atom. The highest BCUT2D eigenvalue weighted by molar-refractivity contribution is 5.79. The molecule has 2 atom stereocenters. The molecule has 0 radical (unpaired) electrons. The van der Waals surface area contributed by atoms with Gasteiger partial charge >= 0.3 is 0 Å². The Bertz CT molecular complexity index is 470. The number of carbonyl (C=O) groups is 2. The van der Waals surface area contributed by atoms with Crippen LogP contribution in [0.5, 0.6) is 0 Å². The van der Waals surface area contributed by atoms with Crippen molar-refractivity contribution in [3.63, 3.8) is 0 Å². The lowest BCUT2D eigenvalue weighted by molar-refractivity contribution is -0.122. The van der Waals surface area contributed by atoms with Crippen LogP contribution in [-0.2, 0) is 9.59 Å². The Morgan fingerprint density at radius 2 is 2.10 bits per heavy atom. The van der Waals surface area contributed by atoms with Gasteiger partial charge in [0.15, 0.2) is 0 Å². The van der Waals surface area contributed by atoms with Gasteiger partial charge in [-0.25, -0.2) is 0 Å². The zero-order chi connectivity index (χ0) is 15.1. The molecule has 0 bridgehead atoms. The minimum Gasteiger partial charge on any atom is -0.354 e. The van der Waals surface area contributed by atoms with Crippen LogP contribution in [0.1, 0.15) is 37.8 Å². The second-order valence-corrected chi connectivity index (χ2v) is 5.47. The van der Waals surface area contributed by atoms with E-state index < -0.39 is 0 Å². The number of amides is 2. The molecule has 5 heteroatoms. The fraction of sp³-hybridized carbons (Fsp3) is 0.500. The summed E-state index contributed by atoms with van der Waals surface area (Å²) in [7, 11) is 0. The van der Waals surface area contributed by atoms with Crippen molar-refractivity contribution in [2.75, 3.05) is 13.1 Å². The summed E-state index contributed by atoms with van der Waals surface area (Å²) < 4.78 is 0. The van der Waals surface area contributed by atoms with Gasteiger partial charge in [0.25, 0.3) is 0 Å². The highest BCUT2D eigenvalue weighted by Crippen LogP contribution is 2.16. The van der Waals surface area contributed by atoms with Crippen LogP contribution in [0.3, 0.4) is 0 Å². The SMILES string of the molecule is CC(=O)NC(CC(=O)NCC1CCCN1)c1ccccc1. The number of benzene rings is 1. The highest BCUT2D eigenvalue weighted by Gasteiger charge is 2.19. The summed E-state index contributed by atoms with van der Waals surface area (Å²) in [6, 6.07) is 9.68. The number of rotatable bonds is 6. The molecule has 2 amide bonds. The van der Waals surface area contributed by atoms with Crippen LogP contribution in [0.2, 0.25) is 0 Å². The van der Waals surface area contributed by atoms with E-state index in [1.807, 2.05) is 30.3 Å². The minimum atomic E-state index is -0.278. The third-order valence-corrected chi connectivity index (χ3v) is 3.68. The van der Waals surface area contributed by atoms with Gasteiger partial charge in [0.05, 0.1) is 12.5 Å². The van der Waals surface area contributed by atoms with E-state index in [9.17, 15) is 9.59 Å². The van der Waals surface area contributed by atoms with Gasteiger partial charge in [0, 0.05) is 19.5 Å². The maximum Gasteiger partial charge on any atom is 0.222 e. The molecule has 1 aliphatic rings. The van der Waals surface area contributed by atoms with Crippen LogP contribution in [0.4, 0.5) is 0 Å². The lowest BCUT2D eigenvalue weighted by Gasteiger charge is -2.19. The maximum atomic E-state index is 12.1. The maximum absolute atomic E-state index is 12.1. The molecular weight excluding hydrogens is 266 g/mol. The fourth-order valence-corrected chi connectivity index (χ4v) is 2.61. The van der Waals surface area contributed by atoms with Crippen LogP contribution in [0.25, 0.3) is 0 Å². The largest absolute Gasteiger partial charge is 0.354 e. The number of nitrogens with one attached hydrogen (secondary N) is 3. The average Bonchev–Trinajstić information content (AvgIpc) is 2.98. The van der Waals surface area contributed by atoms with Crippen molar-refractivity contribution in [1.82, 2.24) is 16.0 Å². The molecule has 5 nitrogen and oxygen atoms in total. The van der Waals surface area contributed by atoms with Gasteiger partial charge in [0.2, 0.25) is 11.8 Å². The minimum absolute atomic E-state index is 0.0358. The Morgan fingerprint density at radius 3 is 2.71 bits per heavy atom. The molecule has 1 fully saturated rings. The summed E-state index contributed by atoms with van der Waals surface area (Å²) in [6.45, 7) is 3.15. The quantitative estimate of drug-likeness (QED) is 0.735. The van der Waals surface area contributed by atoms with Crippen molar-refractivity contribution >= 4 is 11.8 Å². The van der Waals surface area contributed by atoms with E-state index in [2.05, 4.69) is 16.0 Å². The molecule has 0 saturated carbocycles. The second kappa shape index (κ2) is 7.78. The predicted octanol–water partition coefficient (Wildman–Crippen LogP) is 1.12. The topological polar surface area (TPSA) is 70.2 Å². The van der Waals surface area contributed by atoms with Gasteiger partial charge < -0.3 is 16.0 Å². The van der Waals surface area contributed by atoms with E-state index >= 15 is 0 Å². The first-order valence-corrected chi connectivity index (χ1v) is 7.47.